The summed E-state index contributed by atoms with van der Waals surface area (Å²) in [6.07, 6.45) is 3.89. The van der Waals surface area contributed by atoms with Crippen LogP contribution in [0.15, 0.2) is 30.3 Å². The number of nitrogens with zero attached hydrogens (tertiary/aromatic N) is 1. The summed E-state index contributed by atoms with van der Waals surface area (Å²) >= 11 is 0. The number of likely N-dealkylation sites (N-methyl/N-ethyl adjacent to an activating group) is 2. The first-order chi connectivity index (χ1) is 9.02. The fraction of sp³-hybridized carbons (Fsp3) is 0.647. The Labute approximate surface area is 118 Å². The molecule has 0 radical (unpaired) electrons. The van der Waals surface area contributed by atoms with Crippen molar-refractivity contribution in [3.8, 4) is 0 Å². The van der Waals surface area contributed by atoms with Crippen LogP contribution >= 0.6 is 0 Å². The van der Waals surface area contributed by atoms with Crippen molar-refractivity contribution < 1.29 is 0 Å². The highest BCUT2D eigenvalue weighted by Crippen LogP contribution is 2.37. The van der Waals surface area contributed by atoms with Crippen molar-refractivity contribution in [3.05, 3.63) is 35.9 Å². The lowest BCUT2D eigenvalue weighted by atomic mass is 9.72. The third-order valence-corrected chi connectivity index (χ3v) is 4.57. The summed E-state index contributed by atoms with van der Waals surface area (Å²) in [5.74, 6) is 0. The second-order valence-corrected chi connectivity index (χ2v) is 6.77. The SMILES string of the molecule is CNC1CCC(C)(C)CC1N(C)Cc1ccccc1. The number of hydrogen-bond donors (Lipinski definition) is 1. The minimum Gasteiger partial charge on any atom is -0.315 e. The third kappa shape index (κ3) is 3.80. The van der Waals surface area contributed by atoms with Crippen molar-refractivity contribution in [3.63, 3.8) is 0 Å². The maximum Gasteiger partial charge on any atom is 0.0254 e. The summed E-state index contributed by atoms with van der Waals surface area (Å²) in [5, 5.41) is 3.52. The van der Waals surface area contributed by atoms with E-state index < -0.39 is 0 Å². The van der Waals surface area contributed by atoms with Crippen LogP contribution in [0.25, 0.3) is 0 Å². The van der Waals surface area contributed by atoms with Gasteiger partial charge in [-0.3, -0.25) is 4.90 Å². The lowest BCUT2D eigenvalue weighted by Gasteiger charge is -2.44. The Morgan fingerprint density at radius 2 is 1.95 bits per heavy atom. The molecule has 1 aliphatic rings. The zero-order valence-electron chi connectivity index (χ0n) is 12.8. The van der Waals surface area contributed by atoms with E-state index in [9.17, 15) is 0 Å². The smallest absolute Gasteiger partial charge is 0.0254 e. The molecule has 0 bridgehead atoms. The zero-order valence-corrected chi connectivity index (χ0v) is 12.8. The Hall–Kier alpha value is -0.860. The molecule has 2 nitrogen and oxygen atoms in total. The van der Waals surface area contributed by atoms with Gasteiger partial charge in [0.25, 0.3) is 0 Å². The third-order valence-electron chi connectivity index (χ3n) is 4.57. The van der Waals surface area contributed by atoms with Gasteiger partial charge >= 0.3 is 0 Å². The van der Waals surface area contributed by atoms with Crippen LogP contribution < -0.4 is 5.32 Å². The van der Waals surface area contributed by atoms with Gasteiger partial charge in [0, 0.05) is 18.6 Å². The highest BCUT2D eigenvalue weighted by Gasteiger charge is 2.36. The molecule has 0 aromatic heterocycles. The molecule has 2 atom stereocenters. The lowest BCUT2D eigenvalue weighted by Crippen LogP contribution is -2.52. The van der Waals surface area contributed by atoms with Gasteiger partial charge in [0.05, 0.1) is 0 Å². The van der Waals surface area contributed by atoms with Crippen LogP contribution in [0.3, 0.4) is 0 Å². The molecule has 1 aromatic rings. The molecular formula is C17H28N2. The molecule has 0 saturated heterocycles. The minimum atomic E-state index is 0.475. The predicted octanol–water partition coefficient (Wildman–Crippen LogP) is 3.29. The quantitative estimate of drug-likeness (QED) is 0.893. The van der Waals surface area contributed by atoms with Crippen LogP contribution in [0.2, 0.25) is 0 Å². The summed E-state index contributed by atoms with van der Waals surface area (Å²) in [7, 11) is 4.37. The molecule has 1 saturated carbocycles. The van der Waals surface area contributed by atoms with Gasteiger partial charge in [-0.05, 0) is 44.3 Å². The summed E-state index contributed by atoms with van der Waals surface area (Å²) in [5.41, 5.74) is 1.88. The number of benzene rings is 1. The lowest BCUT2D eigenvalue weighted by molar-refractivity contribution is 0.0804. The molecule has 2 unspecified atom stereocenters. The van der Waals surface area contributed by atoms with Gasteiger partial charge in [-0.1, -0.05) is 44.2 Å². The molecule has 1 aliphatic carbocycles. The van der Waals surface area contributed by atoms with Crippen LogP contribution in [-0.2, 0) is 6.54 Å². The fourth-order valence-corrected chi connectivity index (χ4v) is 3.34. The van der Waals surface area contributed by atoms with Gasteiger partial charge in [0.2, 0.25) is 0 Å². The standard InChI is InChI=1S/C17H28N2/c1-17(2)11-10-15(18-3)16(12-17)19(4)13-14-8-6-5-7-9-14/h5-9,15-16,18H,10-13H2,1-4H3. The molecule has 0 aliphatic heterocycles. The van der Waals surface area contributed by atoms with Gasteiger partial charge in [-0.15, -0.1) is 0 Å². The van der Waals surface area contributed by atoms with E-state index in [4.69, 9.17) is 0 Å². The van der Waals surface area contributed by atoms with Crippen LogP contribution in [0.4, 0.5) is 0 Å². The van der Waals surface area contributed by atoms with E-state index in [1.807, 2.05) is 0 Å². The van der Waals surface area contributed by atoms with Crippen LogP contribution in [0.5, 0.6) is 0 Å². The minimum absolute atomic E-state index is 0.475. The number of nitrogens with one attached hydrogen (secondary N) is 1. The Bertz CT molecular complexity index is 386. The summed E-state index contributed by atoms with van der Waals surface area (Å²) in [6, 6.07) is 12.0. The van der Waals surface area contributed by atoms with E-state index in [-0.39, 0.29) is 0 Å². The highest BCUT2D eigenvalue weighted by atomic mass is 15.2. The van der Waals surface area contributed by atoms with Crippen LogP contribution in [0, 0.1) is 5.41 Å². The molecular weight excluding hydrogens is 232 g/mol. The molecule has 0 amide bonds. The molecule has 19 heavy (non-hydrogen) atoms. The van der Waals surface area contributed by atoms with E-state index in [1.54, 1.807) is 0 Å². The van der Waals surface area contributed by atoms with Crippen LogP contribution in [0.1, 0.15) is 38.7 Å². The molecule has 1 aromatic carbocycles. The molecule has 0 heterocycles. The van der Waals surface area contributed by atoms with Crippen molar-refractivity contribution in [2.75, 3.05) is 14.1 Å². The van der Waals surface area contributed by atoms with E-state index in [0.29, 0.717) is 17.5 Å². The molecule has 1 N–H and O–H groups in total. The molecule has 106 valence electrons. The second-order valence-electron chi connectivity index (χ2n) is 6.77. The topological polar surface area (TPSA) is 15.3 Å². The van der Waals surface area contributed by atoms with E-state index in [2.05, 4.69) is 68.5 Å². The Balaban J connectivity index is 2.04. The average Bonchev–Trinajstić information content (AvgIpc) is 2.39. The predicted molar refractivity (Wildman–Crippen MR) is 82.2 cm³/mol. The molecule has 2 rings (SSSR count). The van der Waals surface area contributed by atoms with E-state index >= 15 is 0 Å². The summed E-state index contributed by atoms with van der Waals surface area (Å²) in [4.78, 5) is 2.53. The van der Waals surface area contributed by atoms with Crippen LogP contribution in [-0.4, -0.2) is 31.1 Å². The van der Waals surface area contributed by atoms with Crippen molar-refractivity contribution in [2.45, 2.75) is 51.7 Å². The second kappa shape index (κ2) is 6.06. The van der Waals surface area contributed by atoms with Crippen molar-refractivity contribution in [1.82, 2.24) is 10.2 Å². The van der Waals surface area contributed by atoms with E-state index in [1.165, 1.54) is 24.8 Å². The summed E-state index contributed by atoms with van der Waals surface area (Å²) in [6.45, 7) is 5.85. The Morgan fingerprint density at radius 3 is 2.58 bits per heavy atom. The van der Waals surface area contributed by atoms with Gasteiger partial charge in [-0.25, -0.2) is 0 Å². The fourth-order valence-electron chi connectivity index (χ4n) is 3.34. The van der Waals surface area contributed by atoms with Gasteiger partial charge < -0.3 is 5.32 Å². The number of hydrogen-bond acceptors (Lipinski definition) is 2. The van der Waals surface area contributed by atoms with Gasteiger partial charge in [0.15, 0.2) is 0 Å². The molecule has 0 spiro atoms. The van der Waals surface area contributed by atoms with E-state index in [0.717, 1.165) is 6.54 Å². The maximum absolute atomic E-state index is 3.52. The normalized spacial score (nSPS) is 26.6. The Kier molecular flexibility index (Phi) is 4.64. The maximum atomic E-state index is 3.52. The first-order valence-corrected chi connectivity index (χ1v) is 7.43. The zero-order chi connectivity index (χ0) is 13.9. The highest BCUT2D eigenvalue weighted by molar-refractivity contribution is 5.14. The molecule has 1 fully saturated rings. The monoisotopic (exact) mass is 260 g/mol. The average molecular weight is 260 g/mol. The van der Waals surface area contributed by atoms with Crippen molar-refractivity contribution in [1.29, 1.82) is 0 Å². The molecule has 2 heteroatoms. The van der Waals surface area contributed by atoms with Crippen molar-refractivity contribution >= 4 is 0 Å². The van der Waals surface area contributed by atoms with Gasteiger partial charge in [0.1, 0.15) is 0 Å². The van der Waals surface area contributed by atoms with Crippen molar-refractivity contribution in [2.24, 2.45) is 5.41 Å². The Morgan fingerprint density at radius 1 is 1.26 bits per heavy atom. The van der Waals surface area contributed by atoms with Gasteiger partial charge in [-0.2, -0.15) is 0 Å². The first kappa shape index (κ1) is 14.5. The summed E-state index contributed by atoms with van der Waals surface area (Å²) < 4.78 is 0. The largest absolute Gasteiger partial charge is 0.315 e. The first-order valence-electron chi connectivity index (χ1n) is 7.43. The number of rotatable bonds is 4.